The van der Waals surface area contributed by atoms with Crippen LogP contribution in [0.5, 0.6) is 0 Å². The molecule has 1 N–H and O–H groups in total. The van der Waals surface area contributed by atoms with E-state index in [0.717, 1.165) is 17.3 Å². The number of carboxylic acids is 1. The zero-order valence-electron chi connectivity index (χ0n) is 8.59. The molecule has 0 bridgehead atoms. The zero-order valence-corrected chi connectivity index (χ0v) is 8.59. The van der Waals surface area contributed by atoms with Crippen molar-refractivity contribution in [2.75, 3.05) is 11.4 Å². The maximum Gasteiger partial charge on any atom is 0.328 e. The van der Waals surface area contributed by atoms with E-state index in [-0.39, 0.29) is 5.91 Å². The minimum absolute atomic E-state index is 0.0104. The van der Waals surface area contributed by atoms with Crippen molar-refractivity contribution in [1.29, 1.82) is 0 Å². The molecule has 16 heavy (non-hydrogen) atoms. The number of carboxylic acid groups (broad SMARTS) is 1. The van der Waals surface area contributed by atoms with Gasteiger partial charge >= 0.3 is 5.97 Å². The molecule has 4 nitrogen and oxygen atoms in total. The van der Waals surface area contributed by atoms with E-state index in [9.17, 15) is 9.59 Å². The summed E-state index contributed by atoms with van der Waals surface area (Å²) in [5.74, 6) is -0.990. The highest BCUT2D eigenvalue weighted by atomic mass is 16.4. The number of anilines is 1. The third-order valence-electron chi connectivity index (χ3n) is 2.47. The largest absolute Gasteiger partial charge is 0.478 e. The lowest BCUT2D eigenvalue weighted by Gasteiger charge is -2.14. The summed E-state index contributed by atoms with van der Waals surface area (Å²) in [6.45, 7) is 0.308. The number of hydrogen-bond donors (Lipinski definition) is 1. The monoisotopic (exact) mass is 217 g/mol. The van der Waals surface area contributed by atoms with Crippen LogP contribution in [0.2, 0.25) is 0 Å². The third-order valence-corrected chi connectivity index (χ3v) is 2.47. The predicted octanol–water partition coefficient (Wildman–Crippen LogP) is 1.22. The van der Waals surface area contributed by atoms with Crippen LogP contribution in [0.15, 0.2) is 36.4 Å². The minimum atomic E-state index is -1.00. The number of fused-ring (bicyclic) bond motifs is 1. The van der Waals surface area contributed by atoms with Crippen molar-refractivity contribution < 1.29 is 14.7 Å². The Hall–Kier alpha value is -2.10. The van der Waals surface area contributed by atoms with Gasteiger partial charge in [-0.1, -0.05) is 24.3 Å². The normalized spacial score (nSPS) is 14.5. The highest BCUT2D eigenvalue weighted by Crippen LogP contribution is 2.27. The highest BCUT2D eigenvalue weighted by Gasteiger charge is 2.25. The van der Waals surface area contributed by atoms with E-state index < -0.39 is 5.97 Å². The smallest absolute Gasteiger partial charge is 0.328 e. The molecule has 0 unspecified atom stereocenters. The fraction of sp³-hybridized carbons (Fsp3) is 0.167. The Morgan fingerprint density at radius 2 is 2.19 bits per heavy atom. The molecule has 0 saturated carbocycles. The molecular formula is C12H11NO3. The molecule has 0 spiro atoms. The minimum Gasteiger partial charge on any atom is -0.478 e. The topological polar surface area (TPSA) is 57.6 Å². The standard InChI is InChI=1S/C12H11NO3/c14-11-8-9-4-1-2-5-10(9)13(11)7-3-6-12(15)16/h1-6H,7-8H2,(H,15,16)/b6-3+. The Morgan fingerprint density at radius 3 is 2.94 bits per heavy atom. The van der Waals surface area contributed by atoms with Crippen LogP contribution in [-0.4, -0.2) is 23.5 Å². The van der Waals surface area contributed by atoms with E-state index in [0.29, 0.717) is 13.0 Å². The molecule has 1 aromatic rings. The van der Waals surface area contributed by atoms with Gasteiger partial charge in [0.25, 0.3) is 0 Å². The van der Waals surface area contributed by atoms with Gasteiger partial charge in [0.05, 0.1) is 6.42 Å². The first-order valence-electron chi connectivity index (χ1n) is 4.96. The van der Waals surface area contributed by atoms with Crippen LogP contribution in [-0.2, 0) is 16.0 Å². The lowest BCUT2D eigenvalue weighted by atomic mass is 10.2. The molecule has 82 valence electrons. The number of hydrogen-bond acceptors (Lipinski definition) is 2. The zero-order chi connectivity index (χ0) is 11.5. The lowest BCUT2D eigenvalue weighted by Crippen LogP contribution is -2.26. The van der Waals surface area contributed by atoms with E-state index in [2.05, 4.69) is 0 Å². The molecule has 0 fully saturated rings. The van der Waals surface area contributed by atoms with E-state index >= 15 is 0 Å². The van der Waals surface area contributed by atoms with Crippen molar-refractivity contribution in [1.82, 2.24) is 0 Å². The van der Waals surface area contributed by atoms with Crippen molar-refractivity contribution in [2.24, 2.45) is 0 Å². The summed E-state index contributed by atoms with van der Waals surface area (Å²) in [5.41, 5.74) is 1.87. The number of carbonyl (C=O) groups is 2. The fourth-order valence-electron chi connectivity index (χ4n) is 1.78. The highest BCUT2D eigenvalue weighted by molar-refractivity contribution is 6.01. The number of aliphatic carboxylic acids is 1. The first-order valence-corrected chi connectivity index (χ1v) is 4.96. The number of para-hydroxylation sites is 1. The number of benzene rings is 1. The molecule has 1 aliphatic rings. The van der Waals surface area contributed by atoms with Gasteiger partial charge in [-0.3, -0.25) is 4.79 Å². The van der Waals surface area contributed by atoms with Crippen molar-refractivity contribution in [3.05, 3.63) is 42.0 Å². The third kappa shape index (κ3) is 1.95. The quantitative estimate of drug-likeness (QED) is 0.774. The molecular weight excluding hydrogens is 206 g/mol. The summed E-state index contributed by atoms with van der Waals surface area (Å²) in [7, 11) is 0. The molecule has 1 aromatic carbocycles. The summed E-state index contributed by atoms with van der Waals surface area (Å²) in [6, 6.07) is 7.54. The Labute approximate surface area is 92.8 Å². The molecule has 0 saturated heterocycles. The van der Waals surface area contributed by atoms with Crippen LogP contribution in [0.1, 0.15) is 5.56 Å². The predicted molar refractivity (Wildman–Crippen MR) is 59.3 cm³/mol. The Balaban J connectivity index is 2.16. The summed E-state index contributed by atoms with van der Waals surface area (Å²) < 4.78 is 0. The summed E-state index contributed by atoms with van der Waals surface area (Å²) in [5, 5.41) is 8.46. The van der Waals surface area contributed by atoms with Gasteiger partial charge in [-0.25, -0.2) is 4.79 Å². The first kappa shape index (κ1) is 10.4. The summed E-state index contributed by atoms with van der Waals surface area (Å²) >= 11 is 0. The van der Waals surface area contributed by atoms with Gasteiger partial charge in [0.15, 0.2) is 0 Å². The molecule has 0 aliphatic carbocycles. The van der Waals surface area contributed by atoms with Crippen LogP contribution < -0.4 is 4.90 Å². The first-order chi connectivity index (χ1) is 7.68. The number of rotatable bonds is 3. The van der Waals surface area contributed by atoms with Crippen LogP contribution >= 0.6 is 0 Å². The van der Waals surface area contributed by atoms with Crippen LogP contribution in [0.4, 0.5) is 5.69 Å². The molecule has 0 aromatic heterocycles. The van der Waals surface area contributed by atoms with E-state index in [1.807, 2.05) is 24.3 Å². The van der Waals surface area contributed by atoms with Gasteiger partial charge in [0.2, 0.25) is 5.91 Å². The molecule has 0 radical (unpaired) electrons. The second kappa shape index (κ2) is 4.18. The van der Waals surface area contributed by atoms with Crippen molar-refractivity contribution in [2.45, 2.75) is 6.42 Å². The van der Waals surface area contributed by atoms with E-state index in [1.165, 1.54) is 6.08 Å². The SMILES string of the molecule is O=C(O)/C=C/CN1C(=O)Cc2ccccc21. The second-order valence-electron chi connectivity index (χ2n) is 3.55. The number of amides is 1. The van der Waals surface area contributed by atoms with Crippen LogP contribution in [0.25, 0.3) is 0 Å². The molecule has 0 atom stereocenters. The van der Waals surface area contributed by atoms with Gasteiger partial charge in [-0.15, -0.1) is 0 Å². The second-order valence-corrected chi connectivity index (χ2v) is 3.55. The van der Waals surface area contributed by atoms with Crippen LogP contribution in [0.3, 0.4) is 0 Å². The lowest BCUT2D eigenvalue weighted by molar-refractivity contribution is -0.131. The number of carbonyl (C=O) groups excluding carboxylic acids is 1. The fourth-order valence-corrected chi connectivity index (χ4v) is 1.78. The van der Waals surface area contributed by atoms with E-state index in [1.54, 1.807) is 4.90 Å². The van der Waals surface area contributed by atoms with Crippen LogP contribution in [0, 0.1) is 0 Å². The van der Waals surface area contributed by atoms with Crippen molar-refractivity contribution in [3.63, 3.8) is 0 Å². The maximum absolute atomic E-state index is 11.7. The van der Waals surface area contributed by atoms with Crippen molar-refractivity contribution >= 4 is 17.6 Å². The molecule has 1 amide bonds. The Kier molecular flexibility index (Phi) is 2.72. The van der Waals surface area contributed by atoms with E-state index in [4.69, 9.17) is 5.11 Å². The van der Waals surface area contributed by atoms with Gasteiger partial charge in [0, 0.05) is 18.3 Å². The Morgan fingerprint density at radius 1 is 1.44 bits per heavy atom. The summed E-state index contributed by atoms with van der Waals surface area (Å²) in [6.07, 6.45) is 2.92. The van der Waals surface area contributed by atoms with Gasteiger partial charge in [0.1, 0.15) is 0 Å². The average Bonchev–Trinajstić information content (AvgIpc) is 2.55. The number of nitrogens with zero attached hydrogens (tertiary/aromatic N) is 1. The molecule has 1 heterocycles. The van der Waals surface area contributed by atoms with Gasteiger partial charge in [-0.05, 0) is 11.6 Å². The van der Waals surface area contributed by atoms with Gasteiger partial charge in [-0.2, -0.15) is 0 Å². The molecule has 1 aliphatic heterocycles. The molecule has 4 heteroatoms. The maximum atomic E-state index is 11.7. The van der Waals surface area contributed by atoms with Crippen molar-refractivity contribution in [3.8, 4) is 0 Å². The average molecular weight is 217 g/mol. The summed E-state index contributed by atoms with van der Waals surface area (Å²) in [4.78, 5) is 23.6. The Bertz CT molecular complexity index is 465. The van der Waals surface area contributed by atoms with Gasteiger partial charge < -0.3 is 10.0 Å². The molecule has 2 rings (SSSR count).